The number of rotatable bonds is 3. The first kappa shape index (κ1) is 13.6. The molecule has 1 N–H and O–H groups in total. The van der Waals surface area contributed by atoms with Crippen molar-refractivity contribution < 1.29 is 0 Å². The van der Waals surface area contributed by atoms with Crippen molar-refractivity contribution in [2.24, 2.45) is 0 Å². The highest BCUT2D eigenvalue weighted by Crippen LogP contribution is 2.35. The molecule has 1 aromatic heterocycles. The largest absolute Gasteiger partial charge is 0.306 e. The Balaban J connectivity index is 1.96. The Kier molecular flexibility index (Phi) is 4.72. The molecule has 2 heterocycles. The summed E-state index contributed by atoms with van der Waals surface area (Å²) in [5.74, 6) is 0. The maximum Gasteiger partial charge on any atom is 0.0991 e. The number of hydrogen-bond donors (Lipinski definition) is 1. The Morgan fingerprint density at radius 3 is 2.88 bits per heavy atom. The second-order valence-corrected chi connectivity index (χ2v) is 7.05. The standard InChI is InChI=1S/C12H18Cl2N2S/c1-8(10-6-11(13)17-12(10)14)15-9-4-3-5-16(2)7-9/h6,8-9,15H,3-5,7H2,1-2H3. The molecule has 0 spiro atoms. The predicted octanol–water partition coefficient (Wildman–Crippen LogP) is 3.80. The normalized spacial score (nSPS) is 23.9. The maximum atomic E-state index is 6.17. The Bertz CT molecular complexity index is 381. The van der Waals surface area contributed by atoms with Crippen LogP contribution in [0.4, 0.5) is 0 Å². The van der Waals surface area contributed by atoms with E-state index in [0.717, 1.165) is 20.8 Å². The van der Waals surface area contributed by atoms with Gasteiger partial charge in [0, 0.05) is 18.6 Å². The van der Waals surface area contributed by atoms with Crippen molar-refractivity contribution in [2.45, 2.75) is 31.8 Å². The summed E-state index contributed by atoms with van der Waals surface area (Å²) in [5.41, 5.74) is 1.12. The molecule has 1 aliphatic rings. The van der Waals surface area contributed by atoms with Crippen LogP contribution in [0, 0.1) is 0 Å². The molecule has 1 fully saturated rings. The number of nitrogens with one attached hydrogen (secondary N) is 1. The van der Waals surface area contributed by atoms with Gasteiger partial charge in [-0.1, -0.05) is 23.2 Å². The number of thiophene rings is 1. The molecule has 96 valence electrons. The zero-order valence-electron chi connectivity index (χ0n) is 10.2. The van der Waals surface area contributed by atoms with Gasteiger partial charge in [-0.3, -0.25) is 0 Å². The molecule has 0 saturated carbocycles. The number of halogens is 2. The van der Waals surface area contributed by atoms with E-state index in [1.54, 1.807) is 0 Å². The third-order valence-electron chi connectivity index (χ3n) is 3.26. The quantitative estimate of drug-likeness (QED) is 0.912. The minimum atomic E-state index is 0.266. The van der Waals surface area contributed by atoms with Gasteiger partial charge in [-0.15, -0.1) is 11.3 Å². The van der Waals surface area contributed by atoms with Gasteiger partial charge in [-0.05, 0) is 45.0 Å². The van der Waals surface area contributed by atoms with E-state index in [9.17, 15) is 0 Å². The second kappa shape index (κ2) is 5.89. The van der Waals surface area contributed by atoms with Crippen LogP contribution in [0.25, 0.3) is 0 Å². The summed E-state index contributed by atoms with van der Waals surface area (Å²) in [6.07, 6.45) is 2.50. The molecule has 2 unspecified atom stereocenters. The summed E-state index contributed by atoms with van der Waals surface area (Å²) < 4.78 is 1.57. The van der Waals surface area contributed by atoms with Crippen LogP contribution < -0.4 is 5.32 Å². The highest BCUT2D eigenvalue weighted by Gasteiger charge is 2.21. The van der Waals surface area contributed by atoms with Gasteiger partial charge in [-0.2, -0.15) is 0 Å². The molecular formula is C12H18Cl2N2S. The topological polar surface area (TPSA) is 15.3 Å². The van der Waals surface area contributed by atoms with Gasteiger partial charge in [0.15, 0.2) is 0 Å². The van der Waals surface area contributed by atoms with Crippen LogP contribution in [0.3, 0.4) is 0 Å². The summed E-state index contributed by atoms with van der Waals surface area (Å²) >= 11 is 13.6. The number of piperidine rings is 1. The monoisotopic (exact) mass is 292 g/mol. The molecule has 2 atom stereocenters. The number of likely N-dealkylation sites (N-methyl/N-ethyl adjacent to an activating group) is 1. The highest BCUT2D eigenvalue weighted by molar-refractivity contribution is 7.20. The lowest BCUT2D eigenvalue weighted by Crippen LogP contribution is -2.44. The molecule has 1 aliphatic heterocycles. The predicted molar refractivity (Wildman–Crippen MR) is 76.4 cm³/mol. The number of hydrogen-bond acceptors (Lipinski definition) is 3. The van der Waals surface area contributed by atoms with E-state index < -0.39 is 0 Å². The van der Waals surface area contributed by atoms with Crippen molar-refractivity contribution in [1.82, 2.24) is 10.2 Å². The maximum absolute atomic E-state index is 6.17. The lowest BCUT2D eigenvalue weighted by atomic mass is 10.0. The van der Waals surface area contributed by atoms with Crippen LogP contribution in [-0.2, 0) is 0 Å². The lowest BCUT2D eigenvalue weighted by molar-refractivity contribution is 0.218. The van der Waals surface area contributed by atoms with Gasteiger partial charge >= 0.3 is 0 Å². The zero-order valence-corrected chi connectivity index (χ0v) is 12.5. The van der Waals surface area contributed by atoms with Gasteiger partial charge < -0.3 is 10.2 Å². The molecule has 5 heteroatoms. The third-order valence-corrected chi connectivity index (χ3v) is 4.78. The molecule has 0 aliphatic carbocycles. The molecule has 2 nitrogen and oxygen atoms in total. The lowest BCUT2D eigenvalue weighted by Gasteiger charge is -2.32. The van der Waals surface area contributed by atoms with Gasteiger partial charge in [0.05, 0.1) is 8.67 Å². The average Bonchev–Trinajstić information content (AvgIpc) is 2.58. The Hall–Kier alpha value is 0.200. The first-order chi connectivity index (χ1) is 8.06. The van der Waals surface area contributed by atoms with Crippen LogP contribution in [0.2, 0.25) is 8.67 Å². The van der Waals surface area contributed by atoms with E-state index >= 15 is 0 Å². The van der Waals surface area contributed by atoms with Crippen molar-refractivity contribution in [3.8, 4) is 0 Å². The molecule has 0 aromatic carbocycles. The fourth-order valence-corrected chi connectivity index (χ4v) is 4.04. The summed E-state index contributed by atoms with van der Waals surface area (Å²) in [7, 11) is 2.17. The number of nitrogens with zero attached hydrogens (tertiary/aromatic N) is 1. The Labute approximate surface area is 117 Å². The fraction of sp³-hybridized carbons (Fsp3) is 0.667. The van der Waals surface area contributed by atoms with E-state index in [2.05, 4.69) is 24.2 Å². The van der Waals surface area contributed by atoms with E-state index in [1.807, 2.05) is 6.07 Å². The molecule has 2 rings (SSSR count). The van der Waals surface area contributed by atoms with Gasteiger partial charge in [0.25, 0.3) is 0 Å². The van der Waals surface area contributed by atoms with Crippen LogP contribution >= 0.6 is 34.5 Å². The molecule has 0 amide bonds. The molecule has 17 heavy (non-hydrogen) atoms. The first-order valence-corrected chi connectivity index (χ1v) is 7.53. The Morgan fingerprint density at radius 1 is 1.53 bits per heavy atom. The van der Waals surface area contributed by atoms with Crippen molar-refractivity contribution >= 4 is 34.5 Å². The third kappa shape index (κ3) is 3.58. The van der Waals surface area contributed by atoms with Gasteiger partial charge in [-0.25, -0.2) is 0 Å². The minimum Gasteiger partial charge on any atom is -0.306 e. The molecule has 0 bridgehead atoms. The summed E-state index contributed by atoms with van der Waals surface area (Å²) in [6, 6.07) is 2.79. The molecular weight excluding hydrogens is 275 g/mol. The van der Waals surface area contributed by atoms with E-state index in [0.29, 0.717) is 6.04 Å². The van der Waals surface area contributed by atoms with Crippen molar-refractivity contribution in [3.05, 3.63) is 20.3 Å². The van der Waals surface area contributed by atoms with Crippen LogP contribution in [0.15, 0.2) is 6.07 Å². The number of likely N-dealkylation sites (tertiary alicyclic amines) is 1. The summed E-state index contributed by atoms with van der Waals surface area (Å²) in [4.78, 5) is 2.37. The van der Waals surface area contributed by atoms with E-state index in [4.69, 9.17) is 23.2 Å². The average molecular weight is 293 g/mol. The minimum absolute atomic E-state index is 0.266. The van der Waals surface area contributed by atoms with Crippen molar-refractivity contribution in [3.63, 3.8) is 0 Å². The van der Waals surface area contributed by atoms with Crippen molar-refractivity contribution in [2.75, 3.05) is 20.1 Å². The van der Waals surface area contributed by atoms with Crippen LogP contribution in [-0.4, -0.2) is 31.1 Å². The smallest absolute Gasteiger partial charge is 0.0991 e. The molecule has 1 saturated heterocycles. The van der Waals surface area contributed by atoms with Gasteiger partial charge in [0.1, 0.15) is 0 Å². The SMILES string of the molecule is CC(NC1CCCN(C)C1)c1cc(Cl)sc1Cl. The summed E-state index contributed by atoms with van der Waals surface area (Å²) in [5, 5.41) is 3.64. The first-order valence-electron chi connectivity index (χ1n) is 5.95. The molecule has 1 aromatic rings. The highest BCUT2D eigenvalue weighted by atomic mass is 35.5. The van der Waals surface area contributed by atoms with E-state index in [-0.39, 0.29) is 6.04 Å². The van der Waals surface area contributed by atoms with Crippen LogP contribution in [0.5, 0.6) is 0 Å². The second-order valence-electron chi connectivity index (χ2n) is 4.77. The Morgan fingerprint density at radius 2 is 2.29 bits per heavy atom. The van der Waals surface area contributed by atoms with Crippen LogP contribution in [0.1, 0.15) is 31.4 Å². The molecule has 0 radical (unpaired) electrons. The summed E-state index contributed by atoms with van der Waals surface area (Å²) in [6.45, 7) is 4.47. The fourth-order valence-electron chi connectivity index (χ4n) is 2.39. The van der Waals surface area contributed by atoms with Gasteiger partial charge in [0.2, 0.25) is 0 Å². The van der Waals surface area contributed by atoms with E-state index in [1.165, 1.54) is 30.7 Å². The zero-order chi connectivity index (χ0) is 12.4. The van der Waals surface area contributed by atoms with Crippen molar-refractivity contribution in [1.29, 1.82) is 0 Å².